The van der Waals surface area contributed by atoms with Gasteiger partial charge in [0.05, 0.1) is 0 Å². The first-order valence-corrected chi connectivity index (χ1v) is 9.49. The average molecular weight is 452 g/mol. The molecule has 0 fully saturated rings. The van der Waals surface area contributed by atoms with Gasteiger partial charge in [-0.25, -0.2) is 11.1 Å². The summed E-state index contributed by atoms with van der Waals surface area (Å²) in [6.07, 6.45) is 6.87. The van der Waals surface area contributed by atoms with Crippen molar-refractivity contribution >= 4 is 0 Å². The molecule has 0 aliphatic heterocycles. The Kier molecular flexibility index (Phi) is 16.1. The Morgan fingerprint density at radius 1 is 0.630 bits per heavy atom. The third kappa shape index (κ3) is 10.2. The van der Waals surface area contributed by atoms with Gasteiger partial charge in [-0.1, -0.05) is 80.1 Å². The minimum absolute atomic E-state index is 0. The van der Waals surface area contributed by atoms with Crippen LogP contribution >= 0.6 is 0 Å². The minimum atomic E-state index is 0. The molecular formula is C24H40O2Zr. The number of hydrogen-bond acceptors (Lipinski definition) is 2. The van der Waals surface area contributed by atoms with Crippen LogP contribution in [0.25, 0.3) is 0 Å². The molecule has 0 aromatic heterocycles. The second-order valence-corrected chi connectivity index (χ2v) is 7.83. The van der Waals surface area contributed by atoms with Crippen LogP contribution in [0, 0.1) is 23.0 Å². The summed E-state index contributed by atoms with van der Waals surface area (Å²) in [5.74, 6) is 0. The van der Waals surface area contributed by atoms with Gasteiger partial charge >= 0.3 is 26.2 Å². The molecule has 3 heteroatoms. The molecule has 27 heavy (non-hydrogen) atoms. The summed E-state index contributed by atoms with van der Waals surface area (Å²) in [4.78, 5) is 0. The van der Waals surface area contributed by atoms with E-state index >= 15 is 0 Å². The van der Waals surface area contributed by atoms with Gasteiger partial charge in [0.1, 0.15) is 0 Å². The molecular weight excluding hydrogens is 411 g/mol. The Morgan fingerprint density at radius 2 is 0.815 bits per heavy atom. The molecule has 0 unspecified atom stereocenters. The van der Waals surface area contributed by atoms with Gasteiger partial charge in [0.25, 0.3) is 0 Å². The molecule has 0 heterocycles. The molecule has 0 spiro atoms. The third-order valence-electron chi connectivity index (χ3n) is 5.12. The maximum Gasteiger partial charge on any atom is 4.00 e. The fourth-order valence-corrected chi connectivity index (χ4v) is 2.81. The maximum atomic E-state index is 8.93. The van der Waals surface area contributed by atoms with Gasteiger partial charge in [-0.2, -0.15) is 22.3 Å². The summed E-state index contributed by atoms with van der Waals surface area (Å²) in [5, 5.41) is 17.9. The van der Waals surface area contributed by atoms with E-state index in [4.69, 9.17) is 10.2 Å². The van der Waals surface area contributed by atoms with Crippen molar-refractivity contribution < 1.29 is 36.4 Å². The summed E-state index contributed by atoms with van der Waals surface area (Å²) < 4.78 is 0. The van der Waals surface area contributed by atoms with Gasteiger partial charge in [-0.15, -0.1) is 27.1 Å². The maximum absolute atomic E-state index is 8.93. The molecule has 0 N–H and O–H groups in total. The number of hydrogen-bond donors (Lipinski definition) is 0. The first-order valence-electron chi connectivity index (χ1n) is 9.49. The topological polar surface area (TPSA) is 46.1 Å². The number of allylic oxidation sites excluding steroid dienone is 8. The normalized spacial score (nSPS) is 18.7. The molecule has 152 valence electrons. The monoisotopic (exact) mass is 450 g/mol. The quantitative estimate of drug-likeness (QED) is 0.489. The predicted molar refractivity (Wildman–Crippen MR) is 110 cm³/mol. The molecule has 0 aromatic rings. The fourth-order valence-electron chi connectivity index (χ4n) is 2.81. The zero-order valence-corrected chi connectivity index (χ0v) is 22.2. The van der Waals surface area contributed by atoms with Crippen LogP contribution in [-0.4, -0.2) is 13.2 Å². The molecule has 2 rings (SSSR count). The second-order valence-electron chi connectivity index (χ2n) is 7.83. The van der Waals surface area contributed by atoms with E-state index in [2.05, 4.69) is 81.4 Å². The second kappa shape index (κ2) is 13.9. The van der Waals surface area contributed by atoms with Crippen molar-refractivity contribution in [2.24, 2.45) is 10.8 Å². The third-order valence-corrected chi connectivity index (χ3v) is 5.12. The Hall–Kier alpha value is -0.237. The summed E-state index contributed by atoms with van der Waals surface area (Å²) in [7, 11) is 0. The first-order chi connectivity index (χ1) is 11.7. The van der Waals surface area contributed by atoms with Gasteiger partial charge in [0, 0.05) is 0 Å². The molecule has 0 amide bonds. The van der Waals surface area contributed by atoms with Gasteiger partial charge in [0.15, 0.2) is 0 Å². The SMILES string of the molecule is CC1=[C-]C(C)(C)C(C)=C1C.CC1=[C-]C(C)(C)C(C)=C1C.CC[O-].CC[O-].[Zr+4]. The van der Waals surface area contributed by atoms with Crippen LogP contribution in [0.3, 0.4) is 0 Å². The van der Waals surface area contributed by atoms with E-state index in [1.165, 1.54) is 33.4 Å². The molecule has 0 radical (unpaired) electrons. The molecule has 0 saturated carbocycles. The van der Waals surface area contributed by atoms with E-state index in [9.17, 15) is 0 Å². The summed E-state index contributed by atoms with van der Waals surface area (Å²) in [6, 6.07) is 0. The van der Waals surface area contributed by atoms with Gasteiger partial charge < -0.3 is 10.2 Å². The van der Waals surface area contributed by atoms with E-state index in [0.29, 0.717) is 0 Å². The van der Waals surface area contributed by atoms with Crippen molar-refractivity contribution in [2.45, 2.75) is 83.1 Å². The summed E-state index contributed by atoms with van der Waals surface area (Å²) in [5.41, 5.74) is 8.79. The largest absolute Gasteiger partial charge is 4.00 e. The van der Waals surface area contributed by atoms with Crippen LogP contribution in [0.1, 0.15) is 83.1 Å². The van der Waals surface area contributed by atoms with Gasteiger partial charge in [-0.05, 0) is 0 Å². The summed E-state index contributed by atoms with van der Waals surface area (Å²) >= 11 is 0. The zero-order chi connectivity index (χ0) is 21.3. The van der Waals surface area contributed by atoms with E-state index in [-0.39, 0.29) is 50.2 Å². The Bertz CT molecular complexity index is 521. The van der Waals surface area contributed by atoms with Crippen molar-refractivity contribution in [1.29, 1.82) is 0 Å². The van der Waals surface area contributed by atoms with Crippen LogP contribution in [0.2, 0.25) is 0 Å². The Labute approximate surface area is 188 Å². The summed E-state index contributed by atoms with van der Waals surface area (Å²) in [6.45, 7) is 25.0. The van der Waals surface area contributed by atoms with Crippen molar-refractivity contribution in [3.05, 3.63) is 45.6 Å². The van der Waals surface area contributed by atoms with Crippen molar-refractivity contribution in [3.63, 3.8) is 0 Å². The minimum Gasteiger partial charge on any atom is -0.855 e. The fraction of sp³-hybridized carbons (Fsp3) is 0.667. The van der Waals surface area contributed by atoms with E-state index < -0.39 is 0 Å². The molecule has 0 bridgehead atoms. The van der Waals surface area contributed by atoms with E-state index in [0.717, 1.165) is 0 Å². The van der Waals surface area contributed by atoms with Crippen molar-refractivity contribution in [1.82, 2.24) is 0 Å². The average Bonchev–Trinajstić information content (AvgIpc) is 2.80. The van der Waals surface area contributed by atoms with Gasteiger partial charge in [0.2, 0.25) is 0 Å². The molecule has 0 saturated heterocycles. The van der Waals surface area contributed by atoms with Gasteiger partial charge in [-0.3, -0.25) is 12.2 Å². The van der Waals surface area contributed by atoms with Crippen molar-refractivity contribution in [2.75, 3.05) is 13.2 Å². The molecule has 2 nitrogen and oxygen atoms in total. The molecule has 2 aliphatic rings. The van der Waals surface area contributed by atoms with Crippen molar-refractivity contribution in [3.8, 4) is 0 Å². The smallest absolute Gasteiger partial charge is 0.855 e. The molecule has 2 aliphatic carbocycles. The van der Waals surface area contributed by atoms with Crippen LogP contribution in [0.5, 0.6) is 0 Å². The van der Waals surface area contributed by atoms with Crippen LogP contribution in [0.15, 0.2) is 33.4 Å². The van der Waals surface area contributed by atoms with E-state index in [1.807, 2.05) is 0 Å². The molecule has 0 aromatic carbocycles. The first kappa shape index (κ1) is 31.5. The Morgan fingerprint density at radius 3 is 0.852 bits per heavy atom. The zero-order valence-electron chi connectivity index (χ0n) is 19.7. The van der Waals surface area contributed by atoms with Crippen LogP contribution in [0.4, 0.5) is 0 Å². The standard InChI is InChI=1S/2C10H15.2C2H5O.Zr/c2*1-7-6-10(4,5)9(3)8(7)2;2*1-2-3;/h2*1-5H3;2*2H2,1H3;/q4*-1;+4. The predicted octanol–water partition coefficient (Wildman–Crippen LogP) is 4.95. The Balaban J connectivity index is -0.000000322. The van der Waals surface area contributed by atoms with Crippen LogP contribution in [-0.2, 0) is 26.2 Å². The van der Waals surface area contributed by atoms with E-state index in [1.54, 1.807) is 13.8 Å². The number of rotatable bonds is 0. The molecule has 0 atom stereocenters. The van der Waals surface area contributed by atoms with Crippen LogP contribution < -0.4 is 10.2 Å².